The maximum absolute atomic E-state index is 14.5. The quantitative estimate of drug-likeness (QED) is 0.382. The molecule has 1 atom stereocenters. The summed E-state index contributed by atoms with van der Waals surface area (Å²) in [5.41, 5.74) is 1.95. The van der Waals surface area contributed by atoms with Crippen LogP contribution in [0.5, 0.6) is 11.6 Å². The van der Waals surface area contributed by atoms with E-state index in [2.05, 4.69) is 5.10 Å². The summed E-state index contributed by atoms with van der Waals surface area (Å²) >= 11 is 0. The van der Waals surface area contributed by atoms with E-state index in [0.717, 1.165) is 0 Å². The number of para-hydroxylation sites is 1. The van der Waals surface area contributed by atoms with Crippen LogP contribution in [0.3, 0.4) is 0 Å². The van der Waals surface area contributed by atoms with Crippen molar-refractivity contribution in [3.8, 4) is 17.3 Å². The Morgan fingerprint density at radius 2 is 1.80 bits per heavy atom. The topological polar surface area (TPSA) is 69.0 Å². The predicted molar refractivity (Wildman–Crippen MR) is 129 cm³/mol. The Morgan fingerprint density at radius 3 is 2.46 bits per heavy atom. The molecule has 0 amide bonds. The molecule has 0 saturated carbocycles. The van der Waals surface area contributed by atoms with Gasteiger partial charge in [-0.2, -0.15) is 5.10 Å². The Balaban J connectivity index is 1.96. The zero-order valence-corrected chi connectivity index (χ0v) is 20.6. The monoisotopic (exact) mass is 489 g/mol. The SMILES string of the molecule is COCCN(Cc1c(C)nn(-c2ccc(F)cc2)c1Oc1ccccc1F)CC(O)COC(C)C. The van der Waals surface area contributed by atoms with Crippen molar-refractivity contribution >= 4 is 0 Å². The number of ether oxygens (including phenoxy) is 3. The van der Waals surface area contributed by atoms with E-state index < -0.39 is 11.9 Å². The molecule has 2 aromatic carbocycles. The molecule has 9 heteroatoms. The number of nitrogens with zero attached hydrogens (tertiary/aromatic N) is 3. The van der Waals surface area contributed by atoms with Crippen LogP contribution in [-0.2, 0) is 16.0 Å². The molecule has 0 aliphatic heterocycles. The summed E-state index contributed by atoms with van der Waals surface area (Å²) in [7, 11) is 1.61. The number of aryl methyl sites for hydroxylation is 1. The van der Waals surface area contributed by atoms with Crippen LogP contribution in [0.25, 0.3) is 5.69 Å². The molecule has 7 nitrogen and oxygen atoms in total. The van der Waals surface area contributed by atoms with Gasteiger partial charge in [-0.05, 0) is 57.2 Å². The molecule has 0 aliphatic carbocycles. The van der Waals surface area contributed by atoms with Crippen LogP contribution in [0.4, 0.5) is 8.78 Å². The minimum absolute atomic E-state index is 0.00836. The molecule has 0 saturated heterocycles. The zero-order chi connectivity index (χ0) is 25.4. The van der Waals surface area contributed by atoms with E-state index in [-0.39, 0.29) is 24.3 Å². The lowest BCUT2D eigenvalue weighted by atomic mass is 10.2. The maximum Gasteiger partial charge on any atom is 0.227 e. The molecule has 0 aliphatic rings. The maximum atomic E-state index is 14.5. The van der Waals surface area contributed by atoms with Crippen molar-refractivity contribution in [3.63, 3.8) is 0 Å². The minimum Gasteiger partial charge on any atom is -0.435 e. The number of halogens is 2. The molecule has 190 valence electrons. The average Bonchev–Trinajstić information content (AvgIpc) is 3.13. The van der Waals surface area contributed by atoms with E-state index in [1.54, 1.807) is 31.4 Å². The molecule has 3 rings (SSSR count). The average molecular weight is 490 g/mol. The van der Waals surface area contributed by atoms with E-state index in [0.29, 0.717) is 49.1 Å². The van der Waals surface area contributed by atoms with Crippen LogP contribution in [0.1, 0.15) is 25.1 Å². The molecule has 1 unspecified atom stereocenters. The fraction of sp³-hybridized carbons (Fsp3) is 0.423. The Hall–Kier alpha value is -2.85. The molecule has 1 heterocycles. The number of aliphatic hydroxyl groups is 1. The highest BCUT2D eigenvalue weighted by Gasteiger charge is 2.23. The highest BCUT2D eigenvalue weighted by molar-refractivity contribution is 5.43. The second-order valence-electron chi connectivity index (χ2n) is 8.55. The van der Waals surface area contributed by atoms with Gasteiger partial charge in [-0.3, -0.25) is 4.90 Å². The summed E-state index contributed by atoms with van der Waals surface area (Å²) < 4.78 is 46.4. The summed E-state index contributed by atoms with van der Waals surface area (Å²) in [6.45, 7) is 7.53. The number of aliphatic hydroxyl groups excluding tert-OH is 1. The van der Waals surface area contributed by atoms with Gasteiger partial charge in [0.25, 0.3) is 0 Å². The molecule has 1 N–H and O–H groups in total. The van der Waals surface area contributed by atoms with Crippen molar-refractivity contribution in [3.05, 3.63) is 71.4 Å². The third kappa shape index (κ3) is 7.57. The molecule has 0 fully saturated rings. The minimum atomic E-state index is -0.711. The first-order chi connectivity index (χ1) is 16.8. The van der Waals surface area contributed by atoms with E-state index in [4.69, 9.17) is 14.2 Å². The third-order valence-corrected chi connectivity index (χ3v) is 5.34. The van der Waals surface area contributed by atoms with Gasteiger partial charge in [-0.25, -0.2) is 13.5 Å². The molecule has 0 bridgehead atoms. The van der Waals surface area contributed by atoms with Gasteiger partial charge in [0.05, 0.1) is 42.4 Å². The van der Waals surface area contributed by atoms with Crippen LogP contribution in [-0.4, -0.2) is 65.4 Å². The van der Waals surface area contributed by atoms with Crippen molar-refractivity contribution in [2.24, 2.45) is 0 Å². The van der Waals surface area contributed by atoms with Crippen molar-refractivity contribution in [1.29, 1.82) is 0 Å². The number of methoxy groups -OCH3 is 1. The van der Waals surface area contributed by atoms with Gasteiger partial charge < -0.3 is 19.3 Å². The standard InChI is InChI=1S/C26H33F2N3O4/c1-18(2)34-17-22(32)15-30(13-14-33-4)16-23-19(3)29-31(21-11-9-20(27)10-12-21)26(23)35-25-8-6-5-7-24(25)28/h5-12,18,22,32H,13-17H2,1-4H3. The first-order valence-electron chi connectivity index (χ1n) is 11.6. The lowest BCUT2D eigenvalue weighted by Gasteiger charge is -2.25. The van der Waals surface area contributed by atoms with Gasteiger partial charge in [0.15, 0.2) is 11.6 Å². The highest BCUT2D eigenvalue weighted by atomic mass is 19.1. The first-order valence-corrected chi connectivity index (χ1v) is 11.6. The fourth-order valence-electron chi connectivity index (χ4n) is 3.55. The Bertz CT molecular complexity index is 1070. The Morgan fingerprint density at radius 1 is 1.09 bits per heavy atom. The second-order valence-corrected chi connectivity index (χ2v) is 8.55. The number of hydrogen-bond acceptors (Lipinski definition) is 6. The zero-order valence-electron chi connectivity index (χ0n) is 20.6. The fourth-order valence-corrected chi connectivity index (χ4v) is 3.55. The Kier molecular flexibility index (Phi) is 9.73. The number of hydrogen-bond donors (Lipinski definition) is 1. The summed E-state index contributed by atoms with van der Waals surface area (Å²) in [6.07, 6.45) is -0.702. The summed E-state index contributed by atoms with van der Waals surface area (Å²) in [5, 5.41) is 15.1. The van der Waals surface area contributed by atoms with Crippen molar-refractivity contribution in [2.75, 3.05) is 33.4 Å². The third-order valence-electron chi connectivity index (χ3n) is 5.34. The van der Waals surface area contributed by atoms with Gasteiger partial charge in [-0.15, -0.1) is 0 Å². The molecule has 0 spiro atoms. The predicted octanol–water partition coefficient (Wildman–Crippen LogP) is 4.49. The molecule has 35 heavy (non-hydrogen) atoms. The van der Waals surface area contributed by atoms with Crippen LogP contribution in [0.15, 0.2) is 48.5 Å². The number of rotatable bonds is 13. The van der Waals surface area contributed by atoms with Crippen LogP contribution < -0.4 is 4.74 Å². The summed E-state index contributed by atoms with van der Waals surface area (Å²) in [6, 6.07) is 11.9. The number of benzene rings is 2. The smallest absolute Gasteiger partial charge is 0.227 e. The lowest BCUT2D eigenvalue weighted by Crippen LogP contribution is -2.37. The van der Waals surface area contributed by atoms with E-state index in [1.165, 1.54) is 28.9 Å². The van der Waals surface area contributed by atoms with E-state index in [1.807, 2.05) is 25.7 Å². The van der Waals surface area contributed by atoms with Gasteiger partial charge >= 0.3 is 0 Å². The molecule has 0 radical (unpaired) electrons. The largest absolute Gasteiger partial charge is 0.435 e. The Labute approximate surface area is 204 Å². The summed E-state index contributed by atoms with van der Waals surface area (Å²) in [5.74, 6) is -0.529. The van der Waals surface area contributed by atoms with Crippen LogP contribution >= 0.6 is 0 Å². The molecular formula is C26H33F2N3O4. The van der Waals surface area contributed by atoms with Gasteiger partial charge in [0.1, 0.15) is 5.82 Å². The van der Waals surface area contributed by atoms with Crippen molar-refractivity contribution in [1.82, 2.24) is 14.7 Å². The normalized spacial score (nSPS) is 12.5. The van der Waals surface area contributed by atoms with Crippen molar-refractivity contribution < 1.29 is 28.1 Å². The molecule has 1 aromatic heterocycles. The van der Waals surface area contributed by atoms with Crippen LogP contribution in [0.2, 0.25) is 0 Å². The molecule has 3 aromatic rings. The summed E-state index contributed by atoms with van der Waals surface area (Å²) in [4.78, 5) is 2.01. The van der Waals surface area contributed by atoms with Crippen molar-refractivity contribution in [2.45, 2.75) is 39.5 Å². The van der Waals surface area contributed by atoms with Crippen LogP contribution in [0, 0.1) is 18.6 Å². The number of aromatic nitrogens is 2. The highest BCUT2D eigenvalue weighted by Crippen LogP contribution is 2.32. The van der Waals surface area contributed by atoms with E-state index in [9.17, 15) is 13.9 Å². The van der Waals surface area contributed by atoms with Gasteiger partial charge in [0.2, 0.25) is 5.88 Å². The van der Waals surface area contributed by atoms with Gasteiger partial charge in [-0.1, -0.05) is 12.1 Å². The first kappa shape index (κ1) is 26.7. The second kappa shape index (κ2) is 12.7. The van der Waals surface area contributed by atoms with E-state index >= 15 is 0 Å². The molecular weight excluding hydrogens is 456 g/mol. The lowest BCUT2D eigenvalue weighted by molar-refractivity contribution is -0.0122. The van der Waals surface area contributed by atoms with Gasteiger partial charge in [0, 0.05) is 26.7 Å².